The first-order valence-corrected chi connectivity index (χ1v) is 22.3. The molecular weight excluding hydrogens is 796 g/mol. The van der Waals surface area contributed by atoms with E-state index in [-0.39, 0.29) is 0 Å². The summed E-state index contributed by atoms with van der Waals surface area (Å²) < 4.78 is 0. The SMILES string of the molecule is OC(c1ccc(Cl)cc1)(c1ccc(Cl)cc1)c1ccc(C(=C2C(=C(c3cccs3)c3cccs3)C2=C(c2cccs2)c2cccs2)c2cccs2)s1. The lowest BCUT2D eigenvalue weighted by Gasteiger charge is -2.28. The number of halogens is 2. The number of rotatable bonds is 9. The van der Waals surface area contributed by atoms with Crippen LogP contribution in [-0.2, 0) is 5.60 Å². The predicted molar refractivity (Wildman–Crippen MR) is 229 cm³/mol. The van der Waals surface area contributed by atoms with E-state index in [1.54, 1.807) is 68.0 Å². The predicted octanol–water partition coefficient (Wildman–Crippen LogP) is 14.5. The molecule has 254 valence electrons. The van der Waals surface area contributed by atoms with Gasteiger partial charge in [0.05, 0.1) is 0 Å². The molecule has 1 aliphatic rings. The normalized spacial score (nSPS) is 12.8. The fourth-order valence-corrected chi connectivity index (χ4v) is 12.3. The van der Waals surface area contributed by atoms with Gasteiger partial charge in [0.15, 0.2) is 0 Å². The van der Waals surface area contributed by atoms with Gasteiger partial charge in [0, 0.05) is 77.6 Å². The van der Waals surface area contributed by atoms with E-state index in [1.165, 1.54) is 57.8 Å². The summed E-state index contributed by atoms with van der Waals surface area (Å²) in [6.45, 7) is 0. The summed E-state index contributed by atoms with van der Waals surface area (Å²) in [5.41, 5.74) is 7.59. The van der Waals surface area contributed by atoms with E-state index in [9.17, 15) is 5.11 Å². The second kappa shape index (κ2) is 14.3. The molecule has 1 N–H and O–H groups in total. The van der Waals surface area contributed by atoms with Crippen LogP contribution >= 0.6 is 91.2 Å². The number of hydrogen-bond donors (Lipinski definition) is 1. The van der Waals surface area contributed by atoms with Gasteiger partial charge in [-0.3, -0.25) is 0 Å². The molecule has 0 amide bonds. The van der Waals surface area contributed by atoms with E-state index in [0.717, 1.165) is 20.9 Å². The third-order valence-corrected chi connectivity index (χ3v) is 15.2. The first-order valence-electron chi connectivity index (χ1n) is 16.3. The summed E-state index contributed by atoms with van der Waals surface area (Å²) >= 11 is 23.2. The van der Waals surface area contributed by atoms with Crippen molar-refractivity contribution in [3.05, 3.63) is 220 Å². The summed E-state index contributed by atoms with van der Waals surface area (Å²) in [5.74, 6) is 0. The molecular formula is C43H26Cl2OS6. The van der Waals surface area contributed by atoms with Crippen LogP contribution in [0.2, 0.25) is 10.0 Å². The molecule has 6 aromatic heterocycles. The molecule has 0 spiro atoms. The number of thiophene rings is 6. The number of allylic oxidation sites excluding steroid dienone is 3. The maximum absolute atomic E-state index is 12.9. The maximum atomic E-state index is 12.9. The van der Waals surface area contributed by atoms with Gasteiger partial charge in [-0.05, 0) is 105 Å². The second-order valence-electron chi connectivity index (χ2n) is 12.0. The Balaban J connectivity index is 1.35. The second-order valence-corrected chi connectivity index (χ2v) is 18.7. The molecule has 9 rings (SSSR count). The molecule has 9 heteroatoms. The molecule has 2 aromatic carbocycles. The topological polar surface area (TPSA) is 20.2 Å². The third-order valence-electron chi connectivity index (χ3n) is 9.01. The Kier molecular flexibility index (Phi) is 9.42. The summed E-state index contributed by atoms with van der Waals surface area (Å²) in [6, 6.07) is 41.1. The quantitative estimate of drug-likeness (QED) is 0.154. The summed E-state index contributed by atoms with van der Waals surface area (Å²) in [5, 5.41) is 24.9. The molecule has 0 aliphatic heterocycles. The zero-order valence-corrected chi connectivity index (χ0v) is 33.5. The first-order chi connectivity index (χ1) is 25.5. The lowest BCUT2D eigenvalue weighted by Crippen LogP contribution is -2.27. The monoisotopic (exact) mass is 820 g/mol. The van der Waals surface area contributed by atoms with Gasteiger partial charge < -0.3 is 5.11 Å². The fourth-order valence-electron chi connectivity index (χ4n) is 6.65. The van der Waals surface area contributed by atoms with Gasteiger partial charge in [-0.25, -0.2) is 0 Å². The van der Waals surface area contributed by atoms with Gasteiger partial charge in [0.2, 0.25) is 0 Å². The lowest BCUT2D eigenvalue weighted by atomic mass is 9.85. The highest BCUT2D eigenvalue weighted by Crippen LogP contribution is 2.61. The van der Waals surface area contributed by atoms with Crippen molar-refractivity contribution < 1.29 is 5.11 Å². The largest absolute Gasteiger partial charge is 0.375 e. The van der Waals surface area contributed by atoms with Crippen molar-refractivity contribution in [2.24, 2.45) is 0 Å². The van der Waals surface area contributed by atoms with Crippen LogP contribution in [0.5, 0.6) is 0 Å². The molecule has 52 heavy (non-hydrogen) atoms. The highest BCUT2D eigenvalue weighted by Gasteiger charge is 2.43. The zero-order chi connectivity index (χ0) is 35.2. The Bertz CT molecular complexity index is 2340. The Morgan fingerprint density at radius 1 is 0.404 bits per heavy atom. The Labute approximate surface area is 336 Å². The van der Waals surface area contributed by atoms with Gasteiger partial charge in [0.1, 0.15) is 5.60 Å². The van der Waals surface area contributed by atoms with Crippen LogP contribution in [0, 0.1) is 0 Å². The Morgan fingerprint density at radius 3 is 1.04 bits per heavy atom. The average Bonchev–Trinajstić information content (AvgIpc) is 3.97. The third kappa shape index (κ3) is 6.18. The molecule has 1 aliphatic carbocycles. The van der Waals surface area contributed by atoms with E-state index in [4.69, 9.17) is 23.2 Å². The Morgan fingerprint density at radius 2 is 0.731 bits per heavy atom. The van der Waals surface area contributed by atoms with E-state index in [1.807, 2.05) is 48.5 Å². The van der Waals surface area contributed by atoms with Crippen molar-refractivity contribution >= 4 is 108 Å². The summed E-state index contributed by atoms with van der Waals surface area (Å²) in [6.07, 6.45) is 0. The summed E-state index contributed by atoms with van der Waals surface area (Å²) in [7, 11) is 0. The van der Waals surface area contributed by atoms with Crippen LogP contribution in [0.4, 0.5) is 0 Å². The van der Waals surface area contributed by atoms with Crippen LogP contribution in [-0.4, -0.2) is 5.11 Å². The van der Waals surface area contributed by atoms with Gasteiger partial charge in [-0.2, -0.15) is 0 Å². The lowest BCUT2D eigenvalue weighted by molar-refractivity contribution is 0.129. The van der Waals surface area contributed by atoms with Crippen LogP contribution in [0.3, 0.4) is 0 Å². The highest BCUT2D eigenvalue weighted by molar-refractivity contribution is 7.16. The molecule has 0 radical (unpaired) electrons. The molecule has 6 heterocycles. The van der Waals surface area contributed by atoms with Gasteiger partial charge in [-0.15, -0.1) is 68.0 Å². The van der Waals surface area contributed by atoms with Crippen LogP contribution in [0.25, 0.3) is 16.7 Å². The van der Waals surface area contributed by atoms with Crippen LogP contribution < -0.4 is 0 Å². The maximum Gasteiger partial charge on any atom is 0.149 e. The van der Waals surface area contributed by atoms with Crippen molar-refractivity contribution in [2.75, 3.05) is 0 Å². The van der Waals surface area contributed by atoms with Crippen molar-refractivity contribution in [1.29, 1.82) is 0 Å². The number of benzene rings is 2. The number of hydrogen-bond acceptors (Lipinski definition) is 7. The van der Waals surface area contributed by atoms with Crippen molar-refractivity contribution in [3.63, 3.8) is 0 Å². The van der Waals surface area contributed by atoms with Crippen molar-refractivity contribution in [3.8, 4) is 0 Å². The van der Waals surface area contributed by atoms with Crippen LogP contribution in [0.1, 0.15) is 45.3 Å². The molecule has 0 unspecified atom stereocenters. The van der Waals surface area contributed by atoms with Crippen molar-refractivity contribution in [2.45, 2.75) is 5.60 Å². The first kappa shape index (κ1) is 34.2. The molecule has 1 saturated carbocycles. The van der Waals surface area contributed by atoms with E-state index < -0.39 is 5.60 Å². The minimum absolute atomic E-state index is 0.616. The Hall–Kier alpha value is -3.60. The molecule has 0 bridgehead atoms. The van der Waals surface area contributed by atoms with Crippen LogP contribution in [0.15, 0.2) is 165 Å². The molecule has 8 aromatic rings. The zero-order valence-electron chi connectivity index (χ0n) is 27.1. The number of aliphatic hydroxyl groups is 1. The average molecular weight is 822 g/mol. The molecule has 1 nitrogen and oxygen atoms in total. The minimum atomic E-state index is -1.43. The van der Waals surface area contributed by atoms with Gasteiger partial charge >= 0.3 is 0 Å². The minimum Gasteiger partial charge on any atom is -0.375 e. The smallest absolute Gasteiger partial charge is 0.149 e. The standard InChI is InChI=1S/C43H26Cl2OS6/c44-28-15-11-26(12-16-28)43(46,27-13-17-29(45)18-14-27)36-20-19-35(52-36)39(34-10-5-25-51-34)42-40(37(30-6-1-21-47-30)31-7-2-22-48-31)41(42)38(32-8-3-23-49-32)33-9-4-24-50-33/h1-25,46H. The highest BCUT2D eigenvalue weighted by atomic mass is 35.5. The fraction of sp³-hybridized carbons (Fsp3) is 0.0233. The van der Waals surface area contributed by atoms with E-state index in [2.05, 4.69) is 99.7 Å². The van der Waals surface area contributed by atoms with E-state index >= 15 is 0 Å². The van der Waals surface area contributed by atoms with Gasteiger partial charge in [0.25, 0.3) is 0 Å². The van der Waals surface area contributed by atoms with E-state index in [0.29, 0.717) is 10.0 Å². The molecule has 1 fully saturated rings. The molecule has 0 atom stereocenters. The summed E-state index contributed by atoms with van der Waals surface area (Å²) in [4.78, 5) is 8.09. The van der Waals surface area contributed by atoms with Gasteiger partial charge in [-0.1, -0.05) is 77.8 Å². The van der Waals surface area contributed by atoms with Crippen molar-refractivity contribution in [1.82, 2.24) is 0 Å². The molecule has 0 saturated heterocycles.